The van der Waals surface area contributed by atoms with Crippen molar-refractivity contribution in [1.82, 2.24) is 0 Å². The maximum absolute atomic E-state index is 12.3. The Bertz CT molecular complexity index is 353. The van der Waals surface area contributed by atoms with E-state index in [1.54, 1.807) is 0 Å². The third kappa shape index (κ3) is 4.91. The SMILES string of the molecule is CCCC(CCC)S(=O)Cc1ccc(CO)cc1. The lowest BCUT2D eigenvalue weighted by Gasteiger charge is -2.15. The molecule has 0 amide bonds. The summed E-state index contributed by atoms with van der Waals surface area (Å²) in [4.78, 5) is 0. The minimum Gasteiger partial charge on any atom is -0.392 e. The van der Waals surface area contributed by atoms with Crippen LogP contribution in [0.4, 0.5) is 0 Å². The fourth-order valence-corrected chi connectivity index (χ4v) is 3.83. The lowest BCUT2D eigenvalue weighted by molar-refractivity contribution is 0.282. The Hall–Kier alpha value is -0.670. The zero-order valence-corrected chi connectivity index (χ0v) is 12.2. The first-order chi connectivity index (χ1) is 8.71. The number of benzene rings is 1. The van der Waals surface area contributed by atoms with Gasteiger partial charge < -0.3 is 5.11 Å². The van der Waals surface area contributed by atoms with Crippen LogP contribution in [0.2, 0.25) is 0 Å². The predicted octanol–water partition coefficient (Wildman–Crippen LogP) is 3.40. The third-order valence-corrected chi connectivity index (χ3v) is 4.94. The number of aliphatic hydroxyl groups excluding tert-OH is 1. The van der Waals surface area contributed by atoms with Crippen molar-refractivity contribution in [2.75, 3.05) is 0 Å². The molecule has 1 N–H and O–H groups in total. The molecule has 1 aromatic rings. The summed E-state index contributed by atoms with van der Waals surface area (Å²) in [5.41, 5.74) is 2.01. The van der Waals surface area contributed by atoms with Crippen LogP contribution in [-0.4, -0.2) is 14.6 Å². The molecule has 0 aliphatic heterocycles. The second kappa shape index (κ2) is 8.44. The topological polar surface area (TPSA) is 37.3 Å². The minimum absolute atomic E-state index is 0.0671. The van der Waals surface area contributed by atoms with Crippen molar-refractivity contribution in [1.29, 1.82) is 0 Å². The molecule has 1 atom stereocenters. The minimum atomic E-state index is -0.780. The molecule has 0 heterocycles. The van der Waals surface area contributed by atoms with Crippen molar-refractivity contribution in [3.63, 3.8) is 0 Å². The Morgan fingerprint density at radius 2 is 1.56 bits per heavy atom. The van der Waals surface area contributed by atoms with E-state index < -0.39 is 10.8 Å². The van der Waals surface area contributed by atoms with Crippen LogP contribution < -0.4 is 0 Å². The molecule has 102 valence electrons. The maximum atomic E-state index is 12.3. The van der Waals surface area contributed by atoms with Crippen LogP contribution in [0.25, 0.3) is 0 Å². The van der Waals surface area contributed by atoms with Crippen molar-refractivity contribution in [3.05, 3.63) is 35.4 Å². The Morgan fingerprint density at radius 3 is 2.00 bits per heavy atom. The van der Waals surface area contributed by atoms with E-state index in [2.05, 4.69) is 13.8 Å². The molecular weight excluding hydrogens is 244 g/mol. The molecule has 0 aliphatic rings. The van der Waals surface area contributed by atoms with Crippen LogP contribution in [0, 0.1) is 0 Å². The first-order valence-corrected chi connectivity index (χ1v) is 8.15. The van der Waals surface area contributed by atoms with Gasteiger partial charge in [-0.15, -0.1) is 0 Å². The van der Waals surface area contributed by atoms with Gasteiger partial charge in [-0.3, -0.25) is 4.21 Å². The Kier molecular flexibility index (Phi) is 7.21. The van der Waals surface area contributed by atoms with E-state index in [0.717, 1.165) is 36.8 Å². The quantitative estimate of drug-likeness (QED) is 0.784. The lowest BCUT2D eigenvalue weighted by Crippen LogP contribution is -2.16. The number of hydrogen-bond donors (Lipinski definition) is 1. The molecule has 0 aromatic heterocycles. The summed E-state index contributed by atoms with van der Waals surface area (Å²) in [6.45, 7) is 4.36. The Morgan fingerprint density at radius 1 is 1.06 bits per heavy atom. The molecule has 0 bridgehead atoms. The fourth-order valence-electron chi connectivity index (χ4n) is 2.07. The molecule has 0 saturated heterocycles. The van der Waals surface area contributed by atoms with Gasteiger partial charge in [0.2, 0.25) is 0 Å². The zero-order valence-electron chi connectivity index (χ0n) is 11.4. The molecule has 0 aliphatic carbocycles. The first-order valence-electron chi connectivity index (χ1n) is 6.77. The van der Waals surface area contributed by atoms with Crippen LogP contribution >= 0.6 is 0 Å². The number of aliphatic hydroxyl groups is 1. The molecule has 0 saturated carbocycles. The standard InChI is InChI=1S/C15H24O2S/c1-3-5-15(6-4-2)18(17)12-14-9-7-13(11-16)8-10-14/h7-10,15-16H,3-6,11-12H2,1-2H3. The number of hydrogen-bond acceptors (Lipinski definition) is 2. The molecule has 1 aromatic carbocycles. The monoisotopic (exact) mass is 268 g/mol. The van der Waals surface area contributed by atoms with E-state index in [-0.39, 0.29) is 6.61 Å². The van der Waals surface area contributed by atoms with Crippen molar-refractivity contribution in [2.24, 2.45) is 0 Å². The van der Waals surface area contributed by atoms with Gasteiger partial charge in [-0.1, -0.05) is 51.0 Å². The molecule has 2 nitrogen and oxygen atoms in total. The zero-order chi connectivity index (χ0) is 13.4. The van der Waals surface area contributed by atoms with Gasteiger partial charge in [0, 0.05) is 21.8 Å². The molecule has 0 fully saturated rings. The van der Waals surface area contributed by atoms with Crippen LogP contribution in [0.15, 0.2) is 24.3 Å². The van der Waals surface area contributed by atoms with E-state index in [4.69, 9.17) is 5.11 Å². The highest BCUT2D eigenvalue weighted by Crippen LogP contribution is 2.16. The Labute approximate surface area is 113 Å². The highest BCUT2D eigenvalue weighted by molar-refractivity contribution is 7.84. The van der Waals surface area contributed by atoms with Gasteiger partial charge in [0.1, 0.15) is 0 Å². The van der Waals surface area contributed by atoms with E-state index in [1.807, 2.05) is 24.3 Å². The van der Waals surface area contributed by atoms with Gasteiger partial charge in [-0.2, -0.15) is 0 Å². The highest BCUT2D eigenvalue weighted by Gasteiger charge is 2.15. The fraction of sp³-hybridized carbons (Fsp3) is 0.600. The summed E-state index contributed by atoms with van der Waals surface area (Å²) in [5, 5.41) is 9.31. The largest absolute Gasteiger partial charge is 0.392 e. The van der Waals surface area contributed by atoms with Gasteiger partial charge in [-0.05, 0) is 24.0 Å². The lowest BCUT2D eigenvalue weighted by atomic mass is 10.1. The van der Waals surface area contributed by atoms with Gasteiger partial charge in [0.25, 0.3) is 0 Å². The van der Waals surface area contributed by atoms with Crippen molar-refractivity contribution >= 4 is 10.8 Å². The second-order valence-electron chi connectivity index (χ2n) is 4.70. The summed E-state index contributed by atoms with van der Waals surface area (Å²) >= 11 is 0. The average molecular weight is 268 g/mol. The van der Waals surface area contributed by atoms with Gasteiger partial charge in [0.05, 0.1) is 6.61 Å². The molecule has 1 rings (SSSR count). The van der Waals surface area contributed by atoms with Gasteiger partial charge >= 0.3 is 0 Å². The summed E-state index contributed by atoms with van der Waals surface area (Å²) < 4.78 is 12.3. The molecule has 18 heavy (non-hydrogen) atoms. The summed E-state index contributed by atoms with van der Waals surface area (Å²) in [6, 6.07) is 7.75. The van der Waals surface area contributed by atoms with E-state index in [0.29, 0.717) is 11.0 Å². The molecular formula is C15H24O2S. The van der Waals surface area contributed by atoms with Crippen molar-refractivity contribution in [2.45, 2.75) is 57.1 Å². The molecule has 0 radical (unpaired) electrons. The van der Waals surface area contributed by atoms with Crippen LogP contribution in [0.5, 0.6) is 0 Å². The summed E-state index contributed by atoms with van der Waals surface area (Å²) in [5.74, 6) is 0.635. The molecule has 0 spiro atoms. The second-order valence-corrected chi connectivity index (χ2v) is 6.42. The molecule has 1 unspecified atom stereocenters. The first kappa shape index (κ1) is 15.4. The van der Waals surface area contributed by atoms with Gasteiger partial charge in [-0.25, -0.2) is 0 Å². The van der Waals surface area contributed by atoms with Crippen LogP contribution in [0.1, 0.15) is 50.7 Å². The number of rotatable bonds is 8. The summed E-state index contributed by atoms with van der Waals surface area (Å²) in [7, 11) is -0.780. The van der Waals surface area contributed by atoms with Gasteiger partial charge in [0.15, 0.2) is 0 Å². The van der Waals surface area contributed by atoms with E-state index in [9.17, 15) is 4.21 Å². The average Bonchev–Trinajstić information content (AvgIpc) is 2.39. The maximum Gasteiger partial charge on any atom is 0.0681 e. The van der Waals surface area contributed by atoms with Crippen LogP contribution in [0.3, 0.4) is 0 Å². The highest BCUT2D eigenvalue weighted by atomic mass is 32.2. The van der Waals surface area contributed by atoms with Crippen LogP contribution in [-0.2, 0) is 23.2 Å². The van der Waals surface area contributed by atoms with E-state index >= 15 is 0 Å². The van der Waals surface area contributed by atoms with E-state index in [1.165, 1.54) is 0 Å². The Balaban J connectivity index is 2.60. The van der Waals surface area contributed by atoms with Crippen molar-refractivity contribution < 1.29 is 9.32 Å². The summed E-state index contributed by atoms with van der Waals surface area (Å²) in [6.07, 6.45) is 4.30. The normalized spacial score (nSPS) is 12.9. The smallest absolute Gasteiger partial charge is 0.0681 e. The predicted molar refractivity (Wildman–Crippen MR) is 77.8 cm³/mol. The third-order valence-electron chi connectivity index (χ3n) is 3.11. The van der Waals surface area contributed by atoms with Crippen molar-refractivity contribution in [3.8, 4) is 0 Å². The molecule has 3 heteroatoms.